The molecule has 2 atom stereocenters. The highest BCUT2D eigenvalue weighted by molar-refractivity contribution is 5.95. The average Bonchev–Trinajstić information content (AvgIpc) is 3.56. The average molecular weight is 424 g/mol. The van der Waals surface area contributed by atoms with Crippen molar-refractivity contribution in [3.8, 4) is 5.75 Å². The summed E-state index contributed by atoms with van der Waals surface area (Å²) in [7, 11) is 0. The van der Waals surface area contributed by atoms with Gasteiger partial charge >= 0.3 is 0 Å². The van der Waals surface area contributed by atoms with Gasteiger partial charge in [-0.05, 0) is 55.4 Å². The van der Waals surface area contributed by atoms with E-state index in [0.29, 0.717) is 12.5 Å². The van der Waals surface area contributed by atoms with Crippen molar-refractivity contribution in [1.29, 1.82) is 0 Å². The molecule has 4 aliphatic heterocycles. The quantitative estimate of drug-likeness (QED) is 0.811. The van der Waals surface area contributed by atoms with Crippen LogP contribution >= 0.6 is 0 Å². The topological polar surface area (TPSA) is 61.9 Å². The van der Waals surface area contributed by atoms with Gasteiger partial charge in [0.2, 0.25) is 5.91 Å². The van der Waals surface area contributed by atoms with E-state index in [-0.39, 0.29) is 23.3 Å². The lowest BCUT2D eigenvalue weighted by Crippen LogP contribution is -2.56. The third-order valence-corrected chi connectivity index (χ3v) is 8.68. The molecule has 1 aromatic rings. The molecule has 6 rings (SSSR count). The van der Waals surface area contributed by atoms with Crippen LogP contribution in [0.15, 0.2) is 18.2 Å². The Morgan fingerprint density at radius 2 is 1.97 bits per heavy atom. The summed E-state index contributed by atoms with van der Waals surface area (Å²) in [4.78, 5) is 30.5. The molecule has 166 valence electrons. The first-order chi connectivity index (χ1) is 15.1. The van der Waals surface area contributed by atoms with E-state index in [2.05, 4.69) is 10.2 Å². The molecule has 0 unspecified atom stereocenters. The molecule has 2 amide bonds. The number of hydrogen-bond acceptors (Lipinski definition) is 4. The highest BCUT2D eigenvalue weighted by Crippen LogP contribution is 2.44. The number of carbonyl (C=O) groups excluding carboxylic acids is 2. The van der Waals surface area contributed by atoms with Crippen LogP contribution in [0.3, 0.4) is 0 Å². The lowest BCUT2D eigenvalue weighted by molar-refractivity contribution is -0.123. The number of likely N-dealkylation sites (tertiary alicyclic amines) is 2. The first-order valence-corrected chi connectivity index (χ1v) is 12.2. The lowest BCUT2D eigenvalue weighted by Gasteiger charge is -2.43. The minimum Gasteiger partial charge on any atom is -0.493 e. The maximum absolute atomic E-state index is 13.1. The molecule has 5 aliphatic rings. The maximum Gasteiger partial charge on any atom is 0.253 e. The molecule has 1 spiro atoms. The summed E-state index contributed by atoms with van der Waals surface area (Å²) in [6.07, 6.45) is 8.08. The van der Waals surface area contributed by atoms with E-state index in [1.54, 1.807) is 0 Å². The van der Waals surface area contributed by atoms with E-state index >= 15 is 0 Å². The van der Waals surface area contributed by atoms with Gasteiger partial charge in [-0.3, -0.25) is 9.59 Å². The van der Waals surface area contributed by atoms with Crippen molar-refractivity contribution in [1.82, 2.24) is 15.1 Å². The molecule has 3 saturated heterocycles. The fourth-order valence-corrected chi connectivity index (χ4v) is 6.96. The molecular weight excluding hydrogens is 390 g/mol. The predicted octanol–water partition coefficient (Wildman–Crippen LogP) is 2.46. The molecular formula is C25H33N3O3. The van der Waals surface area contributed by atoms with Gasteiger partial charge in [-0.1, -0.05) is 12.8 Å². The highest BCUT2D eigenvalue weighted by atomic mass is 16.5. The molecule has 4 heterocycles. The van der Waals surface area contributed by atoms with Crippen LogP contribution in [-0.2, 0) is 11.2 Å². The van der Waals surface area contributed by atoms with Crippen LogP contribution < -0.4 is 10.1 Å². The van der Waals surface area contributed by atoms with Crippen LogP contribution in [-0.4, -0.2) is 66.5 Å². The minimum atomic E-state index is -0.116. The van der Waals surface area contributed by atoms with Gasteiger partial charge < -0.3 is 19.9 Å². The first kappa shape index (κ1) is 19.6. The van der Waals surface area contributed by atoms with E-state index in [4.69, 9.17) is 4.74 Å². The van der Waals surface area contributed by atoms with Crippen LogP contribution in [0, 0.1) is 17.8 Å². The molecule has 1 aromatic carbocycles. The van der Waals surface area contributed by atoms with Crippen LogP contribution in [0.5, 0.6) is 5.75 Å². The number of amides is 2. The summed E-state index contributed by atoms with van der Waals surface area (Å²) in [5.74, 6) is 2.64. The summed E-state index contributed by atoms with van der Waals surface area (Å²) in [5, 5.41) is 3.40. The van der Waals surface area contributed by atoms with Gasteiger partial charge in [0.1, 0.15) is 5.75 Å². The molecule has 0 bridgehead atoms. The molecule has 1 aliphatic carbocycles. The normalized spacial score (nSPS) is 29.8. The molecule has 6 nitrogen and oxygen atoms in total. The second-order valence-electron chi connectivity index (χ2n) is 10.4. The molecule has 1 saturated carbocycles. The van der Waals surface area contributed by atoms with Crippen LogP contribution in [0.2, 0.25) is 0 Å². The van der Waals surface area contributed by atoms with E-state index in [9.17, 15) is 9.59 Å². The minimum absolute atomic E-state index is 0.111. The van der Waals surface area contributed by atoms with Crippen LogP contribution in [0.1, 0.15) is 54.4 Å². The summed E-state index contributed by atoms with van der Waals surface area (Å²) in [6.45, 7) is 5.28. The van der Waals surface area contributed by atoms with Crippen molar-refractivity contribution < 1.29 is 14.3 Å². The van der Waals surface area contributed by atoms with Crippen molar-refractivity contribution in [2.75, 3.05) is 39.3 Å². The smallest absolute Gasteiger partial charge is 0.253 e. The number of nitrogens with one attached hydrogen (secondary N) is 1. The molecule has 31 heavy (non-hydrogen) atoms. The fraction of sp³-hybridized carbons (Fsp3) is 0.680. The second kappa shape index (κ2) is 7.51. The largest absolute Gasteiger partial charge is 0.493 e. The van der Waals surface area contributed by atoms with Gasteiger partial charge in [-0.15, -0.1) is 0 Å². The van der Waals surface area contributed by atoms with Gasteiger partial charge in [0, 0.05) is 56.2 Å². The number of benzene rings is 1. The van der Waals surface area contributed by atoms with Crippen molar-refractivity contribution in [3.63, 3.8) is 0 Å². The van der Waals surface area contributed by atoms with E-state index in [0.717, 1.165) is 68.2 Å². The number of nitrogens with zero attached hydrogens (tertiary/aromatic N) is 2. The summed E-state index contributed by atoms with van der Waals surface area (Å²) >= 11 is 0. The maximum atomic E-state index is 13.1. The van der Waals surface area contributed by atoms with Gasteiger partial charge in [0.05, 0.1) is 12.5 Å². The highest BCUT2D eigenvalue weighted by Gasteiger charge is 2.57. The van der Waals surface area contributed by atoms with Crippen molar-refractivity contribution >= 4 is 11.8 Å². The van der Waals surface area contributed by atoms with Crippen LogP contribution in [0.4, 0.5) is 0 Å². The van der Waals surface area contributed by atoms with Crippen molar-refractivity contribution in [2.45, 2.75) is 50.5 Å². The Morgan fingerprint density at radius 1 is 1.16 bits per heavy atom. The second-order valence-corrected chi connectivity index (χ2v) is 10.4. The molecule has 4 fully saturated rings. The van der Waals surface area contributed by atoms with E-state index in [1.807, 2.05) is 23.1 Å². The Labute approximate surface area is 184 Å². The number of rotatable bonds is 3. The van der Waals surface area contributed by atoms with Gasteiger partial charge in [0.25, 0.3) is 5.91 Å². The Hall–Kier alpha value is -2.08. The predicted molar refractivity (Wildman–Crippen MR) is 117 cm³/mol. The van der Waals surface area contributed by atoms with Gasteiger partial charge in [-0.25, -0.2) is 0 Å². The molecule has 6 heteroatoms. The van der Waals surface area contributed by atoms with Gasteiger partial charge in [0.15, 0.2) is 0 Å². The Balaban J connectivity index is 1.11. The number of hydrogen-bond donors (Lipinski definition) is 1. The summed E-state index contributed by atoms with van der Waals surface area (Å²) in [5.41, 5.74) is 1.78. The molecule has 0 aromatic heterocycles. The van der Waals surface area contributed by atoms with Crippen molar-refractivity contribution in [3.05, 3.63) is 29.3 Å². The third-order valence-electron chi connectivity index (χ3n) is 8.68. The Kier molecular flexibility index (Phi) is 4.74. The van der Waals surface area contributed by atoms with Crippen LogP contribution in [0.25, 0.3) is 0 Å². The first-order valence-electron chi connectivity index (χ1n) is 12.2. The standard InChI is InChI=1S/C25H33N3O3/c29-23-20-15-27(14-17-3-1-2-4-17)16-21(20)25(26-23)8-10-28(11-9-25)24(30)19-5-6-22-18(13-19)7-12-31-22/h5-6,13,17,20-21H,1-4,7-12,14-16H2,(H,26,29)/t20-,21+/m1/s1. The zero-order valence-electron chi connectivity index (χ0n) is 18.3. The summed E-state index contributed by atoms with van der Waals surface area (Å²) < 4.78 is 5.57. The van der Waals surface area contributed by atoms with E-state index < -0.39 is 0 Å². The van der Waals surface area contributed by atoms with Crippen molar-refractivity contribution in [2.24, 2.45) is 17.8 Å². The SMILES string of the molecule is O=C1NC2(CCN(C(=O)c3ccc4c(c3)CCO4)CC2)[C@H]2CN(CC3CCCC3)C[C@@H]12. The number of fused-ring (bicyclic) bond motifs is 3. The van der Waals surface area contributed by atoms with Gasteiger partial charge in [-0.2, -0.15) is 0 Å². The molecule has 0 radical (unpaired) electrons. The number of ether oxygens (including phenoxy) is 1. The fourth-order valence-electron chi connectivity index (χ4n) is 6.96. The molecule has 1 N–H and O–H groups in total. The monoisotopic (exact) mass is 423 g/mol. The number of piperidine rings is 1. The van der Waals surface area contributed by atoms with E-state index in [1.165, 1.54) is 32.2 Å². The Morgan fingerprint density at radius 3 is 2.77 bits per heavy atom. The zero-order chi connectivity index (χ0) is 21.0. The zero-order valence-corrected chi connectivity index (χ0v) is 18.3. The number of carbonyl (C=O) groups is 2. The third kappa shape index (κ3) is 3.34. The lowest BCUT2D eigenvalue weighted by atomic mass is 9.75. The Bertz CT molecular complexity index is 886. The summed E-state index contributed by atoms with van der Waals surface area (Å²) in [6, 6.07) is 5.82.